The summed E-state index contributed by atoms with van der Waals surface area (Å²) in [6.07, 6.45) is 3.24. The van der Waals surface area contributed by atoms with Gasteiger partial charge in [-0.15, -0.1) is 11.3 Å². The van der Waals surface area contributed by atoms with Gasteiger partial charge in [-0.1, -0.05) is 25.6 Å². The maximum atomic E-state index is 11.0. The Morgan fingerprint density at radius 3 is 2.86 bits per heavy atom. The van der Waals surface area contributed by atoms with E-state index in [1.54, 1.807) is 11.3 Å². The largest absolute Gasteiger partial charge is 0.481 e. The van der Waals surface area contributed by atoms with Gasteiger partial charge in [0.1, 0.15) is 16.2 Å². The number of nitrogens with zero attached hydrogens (tertiary/aromatic N) is 3. The van der Waals surface area contributed by atoms with Crippen LogP contribution >= 0.6 is 23.1 Å². The minimum Gasteiger partial charge on any atom is -0.481 e. The third-order valence-corrected chi connectivity index (χ3v) is 7.00. The Hall–Kier alpha value is -1.77. The van der Waals surface area contributed by atoms with Gasteiger partial charge in [0.15, 0.2) is 0 Å². The van der Waals surface area contributed by atoms with Crippen molar-refractivity contribution < 1.29 is 14.6 Å². The number of carboxylic acids is 1. The van der Waals surface area contributed by atoms with Gasteiger partial charge in [-0.05, 0) is 31.7 Å². The summed E-state index contributed by atoms with van der Waals surface area (Å²) >= 11 is 2.80. The molecule has 0 aromatic carbocycles. The number of pyridine rings is 1. The number of carbonyl (C=O) groups is 1. The zero-order chi connectivity index (χ0) is 20.1. The Balaban J connectivity index is 1.97. The second-order valence-electron chi connectivity index (χ2n) is 8.16. The average molecular weight is 418 g/mol. The first-order valence-electron chi connectivity index (χ1n) is 9.31. The van der Waals surface area contributed by atoms with Crippen LogP contribution in [0.3, 0.4) is 0 Å². The minimum absolute atomic E-state index is 0.0225. The van der Waals surface area contributed by atoms with Crippen LogP contribution in [0.5, 0.6) is 0 Å². The average Bonchev–Trinajstić information content (AvgIpc) is 2.97. The molecule has 0 radical (unpaired) electrons. The minimum atomic E-state index is -0.855. The SMILES string of the molecule is CC(C)Cc1nc2sc3c(SCC(=O)O)ncnc3c2c2c1COC(C)(C)C2. The lowest BCUT2D eigenvalue weighted by Gasteiger charge is -2.33. The number of hydrogen-bond acceptors (Lipinski definition) is 7. The molecule has 28 heavy (non-hydrogen) atoms. The lowest BCUT2D eigenvalue weighted by molar-refractivity contribution is -0.133. The monoisotopic (exact) mass is 417 g/mol. The Morgan fingerprint density at radius 1 is 1.36 bits per heavy atom. The Labute approximate surface area is 171 Å². The molecule has 3 aromatic rings. The van der Waals surface area contributed by atoms with Crippen molar-refractivity contribution in [2.45, 2.75) is 57.8 Å². The van der Waals surface area contributed by atoms with E-state index < -0.39 is 5.97 Å². The number of hydrogen-bond donors (Lipinski definition) is 1. The third kappa shape index (κ3) is 3.60. The zero-order valence-corrected chi connectivity index (χ0v) is 18.0. The highest BCUT2D eigenvalue weighted by atomic mass is 32.2. The lowest BCUT2D eigenvalue weighted by Crippen LogP contribution is -2.33. The van der Waals surface area contributed by atoms with Crippen molar-refractivity contribution in [1.82, 2.24) is 15.0 Å². The first-order valence-corrected chi connectivity index (χ1v) is 11.1. The molecule has 1 aliphatic heterocycles. The molecule has 1 aliphatic rings. The van der Waals surface area contributed by atoms with Gasteiger partial charge >= 0.3 is 5.97 Å². The molecule has 0 bridgehead atoms. The summed E-state index contributed by atoms with van der Waals surface area (Å²) < 4.78 is 7.02. The van der Waals surface area contributed by atoms with Crippen molar-refractivity contribution in [3.63, 3.8) is 0 Å². The summed E-state index contributed by atoms with van der Waals surface area (Å²) in [7, 11) is 0. The van der Waals surface area contributed by atoms with Crippen molar-refractivity contribution in [3.8, 4) is 0 Å². The fourth-order valence-corrected chi connectivity index (χ4v) is 5.61. The molecular formula is C20H23N3O3S2. The molecule has 6 nitrogen and oxygen atoms in total. The summed E-state index contributed by atoms with van der Waals surface area (Å²) in [4.78, 5) is 25.9. The van der Waals surface area contributed by atoms with E-state index in [0.29, 0.717) is 17.6 Å². The van der Waals surface area contributed by atoms with Gasteiger partial charge in [0, 0.05) is 23.1 Å². The van der Waals surface area contributed by atoms with Gasteiger partial charge in [0.05, 0.1) is 28.2 Å². The summed E-state index contributed by atoms with van der Waals surface area (Å²) in [6.45, 7) is 9.19. The normalized spacial score (nSPS) is 16.0. The molecule has 0 unspecified atom stereocenters. The highest BCUT2D eigenvalue weighted by molar-refractivity contribution is 8.00. The van der Waals surface area contributed by atoms with Crippen molar-refractivity contribution >= 4 is 49.5 Å². The van der Waals surface area contributed by atoms with Crippen LogP contribution in [0.4, 0.5) is 0 Å². The van der Waals surface area contributed by atoms with Crippen LogP contribution in [0.15, 0.2) is 11.4 Å². The number of thiophene rings is 1. The molecule has 0 aliphatic carbocycles. The summed E-state index contributed by atoms with van der Waals surface area (Å²) in [5, 5.41) is 10.8. The van der Waals surface area contributed by atoms with Crippen LogP contribution in [0, 0.1) is 5.92 Å². The van der Waals surface area contributed by atoms with Gasteiger partial charge in [-0.3, -0.25) is 4.79 Å². The van der Waals surface area contributed by atoms with Gasteiger partial charge in [-0.2, -0.15) is 0 Å². The standard InChI is InChI=1S/C20H23N3O3S2/c1-10(2)5-13-12-7-26-20(3,4)6-11(12)15-16-17(28-18(15)23-13)19(22-9-21-16)27-8-14(24)25/h9-10H,5-8H2,1-4H3,(H,24,25). The predicted octanol–water partition coefficient (Wildman–Crippen LogP) is 4.47. The number of carboxylic acid groups (broad SMARTS) is 1. The smallest absolute Gasteiger partial charge is 0.313 e. The van der Waals surface area contributed by atoms with Crippen molar-refractivity contribution in [2.75, 3.05) is 5.75 Å². The second-order valence-corrected chi connectivity index (χ2v) is 10.1. The van der Waals surface area contributed by atoms with E-state index in [4.69, 9.17) is 14.8 Å². The van der Waals surface area contributed by atoms with E-state index in [1.165, 1.54) is 29.2 Å². The number of rotatable bonds is 5. The molecular weight excluding hydrogens is 394 g/mol. The second kappa shape index (κ2) is 7.24. The Kier molecular flexibility index (Phi) is 5.05. The molecule has 3 aromatic heterocycles. The van der Waals surface area contributed by atoms with E-state index in [2.05, 4.69) is 37.7 Å². The molecule has 4 rings (SSSR count). The number of fused-ring (bicyclic) bond motifs is 5. The molecule has 0 saturated heterocycles. The van der Waals surface area contributed by atoms with Gasteiger partial charge < -0.3 is 9.84 Å². The quantitative estimate of drug-likeness (QED) is 0.484. The first kappa shape index (κ1) is 19.5. The molecule has 0 saturated carbocycles. The Morgan fingerprint density at radius 2 is 2.14 bits per heavy atom. The van der Waals surface area contributed by atoms with Crippen LogP contribution in [-0.2, 0) is 29.0 Å². The summed E-state index contributed by atoms with van der Waals surface area (Å²) in [5.74, 6) is -0.378. The predicted molar refractivity (Wildman–Crippen MR) is 112 cm³/mol. The highest BCUT2D eigenvalue weighted by Gasteiger charge is 2.31. The summed E-state index contributed by atoms with van der Waals surface area (Å²) in [6, 6.07) is 0. The van der Waals surface area contributed by atoms with Crippen molar-refractivity contribution in [1.29, 1.82) is 0 Å². The topological polar surface area (TPSA) is 85.2 Å². The van der Waals surface area contributed by atoms with Crippen LogP contribution in [0.25, 0.3) is 20.4 Å². The van der Waals surface area contributed by atoms with Crippen molar-refractivity contribution in [3.05, 3.63) is 23.1 Å². The maximum Gasteiger partial charge on any atom is 0.313 e. The molecule has 0 spiro atoms. The number of aliphatic carboxylic acids is 1. The van der Waals surface area contributed by atoms with Crippen molar-refractivity contribution in [2.24, 2.45) is 5.92 Å². The lowest BCUT2D eigenvalue weighted by atomic mass is 9.88. The van der Waals surface area contributed by atoms with Crippen LogP contribution < -0.4 is 0 Å². The van der Waals surface area contributed by atoms with Crippen LogP contribution in [0.2, 0.25) is 0 Å². The molecule has 4 heterocycles. The zero-order valence-electron chi connectivity index (χ0n) is 16.4. The van der Waals surface area contributed by atoms with E-state index >= 15 is 0 Å². The first-order chi connectivity index (χ1) is 13.2. The van der Waals surface area contributed by atoms with Gasteiger partial charge in [0.25, 0.3) is 0 Å². The van der Waals surface area contributed by atoms with Crippen LogP contribution in [0.1, 0.15) is 44.5 Å². The highest BCUT2D eigenvalue weighted by Crippen LogP contribution is 2.42. The molecule has 0 amide bonds. The Bertz CT molecular complexity index is 1080. The molecule has 0 fully saturated rings. The molecule has 148 valence electrons. The molecule has 8 heteroatoms. The fourth-order valence-electron chi connectivity index (χ4n) is 3.64. The third-order valence-electron chi connectivity index (χ3n) is 4.82. The van der Waals surface area contributed by atoms with E-state index in [1.807, 2.05) is 0 Å². The van der Waals surface area contributed by atoms with E-state index in [-0.39, 0.29) is 11.4 Å². The van der Waals surface area contributed by atoms with Crippen LogP contribution in [-0.4, -0.2) is 37.4 Å². The van der Waals surface area contributed by atoms with Gasteiger partial charge in [-0.25, -0.2) is 15.0 Å². The molecule has 1 N–H and O–H groups in total. The maximum absolute atomic E-state index is 11.0. The van der Waals surface area contributed by atoms with Gasteiger partial charge in [0.2, 0.25) is 0 Å². The fraction of sp³-hybridized carbons (Fsp3) is 0.500. The van der Waals surface area contributed by atoms with E-state index in [9.17, 15) is 4.79 Å². The number of thioether (sulfide) groups is 1. The number of aromatic nitrogens is 3. The summed E-state index contributed by atoms with van der Waals surface area (Å²) in [5.41, 5.74) is 4.21. The number of ether oxygens (including phenoxy) is 1. The van der Waals surface area contributed by atoms with E-state index in [0.717, 1.165) is 39.0 Å². The molecule has 0 atom stereocenters.